The molecule has 0 fully saturated rings. The maximum atomic E-state index is 12.2. The molecule has 150 valence electrons. The summed E-state index contributed by atoms with van der Waals surface area (Å²) in [6.07, 6.45) is 4.41. The van der Waals surface area contributed by atoms with Crippen molar-refractivity contribution in [3.8, 4) is 11.4 Å². The van der Waals surface area contributed by atoms with Gasteiger partial charge in [0.2, 0.25) is 5.91 Å². The number of fused-ring (bicyclic) bond motifs is 1. The number of amides is 1. The van der Waals surface area contributed by atoms with E-state index in [0.717, 1.165) is 48.7 Å². The highest BCUT2D eigenvalue weighted by Crippen LogP contribution is 2.31. The van der Waals surface area contributed by atoms with Gasteiger partial charge in [-0.15, -0.1) is 35.0 Å². The molecule has 2 heterocycles. The minimum absolute atomic E-state index is 0. The van der Waals surface area contributed by atoms with Gasteiger partial charge in [-0.3, -0.25) is 4.79 Å². The van der Waals surface area contributed by atoms with Gasteiger partial charge in [-0.05, 0) is 38.1 Å². The van der Waals surface area contributed by atoms with Crippen molar-refractivity contribution in [3.05, 3.63) is 29.0 Å². The zero-order chi connectivity index (χ0) is 17.8. The topological polar surface area (TPSA) is 71.8 Å². The largest absolute Gasteiger partial charge is 0.326 e. The van der Waals surface area contributed by atoms with Gasteiger partial charge in [0.15, 0.2) is 5.82 Å². The first-order valence-corrected chi connectivity index (χ1v) is 9.15. The standard InChI is InChI=1S/C18H24ClN5O.2ClH/c1-12(11-20-2)18(25)21-13-7-8-15(19)14(10-13)17-23-22-16-6-4-3-5-9-24(16)17;;/h7-8,10,12,20H,3-6,9,11H2,1-2H3,(H,21,25);2*1H. The fourth-order valence-electron chi connectivity index (χ4n) is 3.12. The first kappa shape index (κ1) is 23.7. The van der Waals surface area contributed by atoms with E-state index in [1.54, 1.807) is 6.07 Å². The molecule has 1 unspecified atom stereocenters. The molecule has 0 aliphatic carbocycles. The van der Waals surface area contributed by atoms with Gasteiger partial charge in [0, 0.05) is 36.7 Å². The number of hydrogen-bond acceptors (Lipinski definition) is 4. The third-order valence-electron chi connectivity index (χ3n) is 4.54. The fraction of sp³-hybridized carbons (Fsp3) is 0.500. The van der Waals surface area contributed by atoms with Crippen LogP contribution in [-0.4, -0.2) is 34.3 Å². The SMILES string of the molecule is CNCC(C)C(=O)Nc1ccc(Cl)c(-c2nnc3n2CCCCC3)c1.Cl.Cl. The quantitative estimate of drug-likeness (QED) is 0.747. The van der Waals surface area contributed by atoms with Crippen molar-refractivity contribution >= 4 is 48.0 Å². The molecular formula is C18H26Cl3N5O. The lowest BCUT2D eigenvalue weighted by Crippen LogP contribution is -2.28. The maximum absolute atomic E-state index is 12.2. The summed E-state index contributed by atoms with van der Waals surface area (Å²) in [6, 6.07) is 5.50. The third kappa shape index (κ3) is 5.57. The number of rotatable bonds is 5. The second kappa shape index (κ2) is 10.9. The van der Waals surface area contributed by atoms with Crippen LogP contribution in [0.2, 0.25) is 5.02 Å². The smallest absolute Gasteiger partial charge is 0.228 e. The molecule has 0 spiro atoms. The van der Waals surface area contributed by atoms with Gasteiger partial charge in [0.25, 0.3) is 0 Å². The molecule has 2 N–H and O–H groups in total. The van der Waals surface area contributed by atoms with Crippen LogP contribution in [0.5, 0.6) is 0 Å². The van der Waals surface area contributed by atoms with Crippen LogP contribution in [0, 0.1) is 5.92 Å². The number of nitrogens with one attached hydrogen (secondary N) is 2. The van der Waals surface area contributed by atoms with E-state index in [1.807, 2.05) is 26.1 Å². The van der Waals surface area contributed by atoms with Crippen LogP contribution in [0.4, 0.5) is 5.69 Å². The van der Waals surface area contributed by atoms with Crippen LogP contribution < -0.4 is 10.6 Å². The van der Waals surface area contributed by atoms with E-state index in [1.165, 1.54) is 6.42 Å². The molecule has 1 aliphatic rings. The van der Waals surface area contributed by atoms with Gasteiger partial charge in [-0.1, -0.05) is 24.9 Å². The van der Waals surface area contributed by atoms with Gasteiger partial charge < -0.3 is 15.2 Å². The Hall–Kier alpha value is -1.34. The number of halogens is 3. The van der Waals surface area contributed by atoms with Crippen molar-refractivity contribution in [2.75, 3.05) is 18.9 Å². The molecule has 1 atom stereocenters. The van der Waals surface area contributed by atoms with Crippen LogP contribution >= 0.6 is 36.4 Å². The van der Waals surface area contributed by atoms with E-state index < -0.39 is 0 Å². The van der Waals surface area contributed by atoms with E-state index in [2.05, 4.69) is 25.4 Å². The molecular weight excluding hydrogens is 409 g/mol. The van der Waals surface area contributed by atoms with E-state index in [0.29, 0.717) is 11.6 Å². The van der Waals surface area contributed by atoms with E-state index in [4.69, 9.17) is 11.6 Å². The van der Waals surface area contributed by atoms with Crippen molar-refractivity contribution < 1.29 is 4.79 Å². The number of anilines is 1. The fourth-order valence-corrected chi connectivity index (χ4v) is 3.33. The summed E-state index contributed by atoms with van der Waals surface area (Å²) in [5, 5.41) is 15.3. The summed E-state index contributed by atoms with van der Waals surface area (Å²) in [5.74, 6) is 1.65. The minimum atomic E-state index is -0.117. The second-order valence-corrected chi connectivity index (χ2v) is 6.95. The summed E-state index contributed by atoms with van der Waals surface area (Å²) in [4.78, 5) is 12.2. The first-order chi connectivity index (χ1) is 12.1. The Morgan fingerprint density at radius 3 is 2.78 bits per heavy atom. The van der Waals surface area contributed by atoms with Crippen molar-refractivity contribution in [1.29, 1.82) is 0 Å². The van der Waals surface area contributed by atoms with Crippen LogP contribution in [0.1, 0.15) is 32.0 Å². The molecule has 0 bridgehead atoms. The lowest BCUT2D eigenvalue weighted by Gasteiger charge is -2.13. The zero-order valence-corrected chi connectivity index (χ0v) is 17.9. The average molecular weight is 435 g/mol. The Balaban J connectivity index is 0.00000182. The summed E-state index contributed by atoms with van der Waals surface area (Å²) in [6.45, 7) is 3.43. The van der Waals surface area contributed by atoms with Crippen LogP contribution in [0.25, 0.3) is 11.4 Å². The third-order valence-corrected chi connectivity index (χ3v) is 4.87. The molecule has 9 heteroatoms. The number of hydrogen-bond donors (Lipinski definition) is 2. The number of aryl methyl sites for hydroxylation is 1. The normalized spacial score (nSPS) is 14.2. The summed E-state index contributed by atoms with van der Waals surface area (Å²) >= 11 is 6.42. The van der Waals surface area contributed by atoms with E-state index >= 15 is 0 Å². The molecule has 0 saturated heterocycles. The summed E-state index contributed by atoms with van der Waals surface area (Å²) < 4.78 is 2.16. The molecule has 3 rings (SSSR count). The number of carbonyl (C=O) groups excluding carboxylic acids is 1. The van der Waals surface area contributed by atoms with E-state index in [9.17, 15) is 4.79 Å². The molecule has 1 aliphatic heterocycles. The van der Waals surface area contributed by atoms with Crippen molar-refractivity contribution in [2.45, 2.75) is 39.2 Å². The summed E-state index contributed by atoms with van der Waals surface area (Å²) in [5.41, 5.74) is 1.53. The van der Waals surface area contributed by atoms with E-state index in [-0.39, 0.29) is 36.6 Å². The van der Waals surface area contributed by atoms with Crippen LogP contribution in [-0.2, 0) is 17.8 Å². The maximum Gasteiger partial charge on any atom is 0.228 e. The average Bonchev–Trinajstić information content (AvgIpc) is 2.84. The Kier molecular flexibility index (Phi) is 9.53. The number of benzene rings is 1. The molecule has 1 aromatic carbocycles. The molecule has 1 aromatic heterocycles. The number of aromatic nitrogens is 3. The lowest BCUT2D eigenvalue weighted by atomic mass is 10.1. The molecule has 1 amide bonds. The highest BCUT2D eigenvalue weighted by atomic mass is 35.5. The van der Waals surface area contributed by atoms with Crippen molar-refractivity contribution in [3.63, 3.8) is 0 Å². The van der Waals surface area contributed by atoms with Gasteiger partial charge in [-0.25, -0.2) is 0 Å². The van der Waals surface area contributed by atoms with Gasteiger partial charge in [-0.2, -0.15) is 0 Å². The molecule has 2 aromatic rings. The molecule has 0 saturated carbocycles. The highest BCUT2D eigenvalue weighted by Gasteiger charge is 2.19. The van der Waals surface area contributed by atoms with Crippen LogP contribution in [0.15, 0.2) is 18.2 Å². The Morgan fingerprint density at radius 1 is 1.26 bits per heavy atom. The Labute approximate surface area is 177 Å². The monoisotopic (exact) mass is 433 g/mol. The minimum Gasteiger partial charge on any atom is -0.326 e. The Bertz CT molecular complexity index is 765. The van der Waals surface area contributed by atoms with Crippen molar-refractivity contribution in [2.24, 2.45) is 5.92 Å². The number of carbonyl (C=O) groups is 1. The lowest BCUT2D eigenvalue weighted by molar-refractivity contribution is -0.119. The molecule has 27 heavy (non-hydrogen) atoms. The zero-order valence-electron chi connectivity index (χ0n) is 15.5. The molecule has 6 nitrogen and oxygen atoms in total. The summed E-state index contributed by atoms with van der Waals surface area (Å²) in [7, 11) is 1.83. The predicted octanol–water partition coefficient (Wildman–Crippen LogP) is 3.96. The molecule has 0 radical (unpaired) electrons. The predicted molar refractivity (Wildman–Crippen MR) is 114 cm³/mol. The second-order valence-electron chi connectivity index (χ2n) is 6.54. The Morgan fingerprint density at radius 2 is 2.04 bits per heavy atom. The van der Waals surface area contributed by atoms with Gasteiger partial charge in [0.05, 0.1) is 5.02 Å². The first-order valence-electron chi connectivity index (χ1n) is 8.77. The van der Waals surface area contributed by atoms with Crippen LogP contribution in [0.3, 0.4) is 0 Å². The van der Waals surface area contributed by atoms with Gasteiger partial charge in [0.1, 0.15) is 5.82 Å². The highest BCUT2D eigenvalue weighted by molar-refractivity contribution is 6.33. The van der Waals surface area contributed by atoms with Gasteiger partial charge >= 0.3 is 0 Å². The number of nitrogens with zero attached hydrogens (tertiary/aromatic N) is 3. The van der Waals surface area contributed by atoms with Crippen molar-refractivity contribution in [1.82, 2.24) is 20.1 Å².